The fraction of sp³-hybridized carbons (Fsp3) is 0.240. The molecular formula is C25H25N3O3S. The smallest absolute Gasteiger partial charge is 0.263 e. The van der Waals surface area contributed by atoms with Crippen LogP contribution in [0.2, 0.25) is 0 Å². The normalized spacial score (nSPS) is 11.1. The van der Waals surface area contributed by atoms with Crippen LogP contribution in [-0.2, 0) is 11.3 Å². The summed E-state index contributed by atoms with van der Waals surface area (Å²) in [6.45, 7) is 6.68. The zero-order chi connectivity index (χ0) is 22.7. The maximum atomic E-state index is 13.2. The van der Waals surface area contributed by atoms with Crippen molar-refractivity contribution in [2.45, 2.75) is 33.2 Å². The van der Waals surface area contributed by atoms with Gasteiger partial charge in [-0.05, 0) is 48.2 Å². The lowest BCUT2D eigenvalue weighted by molar-refractivity contribution is -0.116. The number of nitrogens with zero attached hydrogens (tertiary/aromatic N) is 2. The van der Waals surface area contributed by atoms with E-state index >= 15 is 0 Å². The van der Waals surface area contributed by atoms with Gasteiger partial charge < -0.3 is 10.1 Å². The van der Waals surface area contributed by atoms with Crippen LogP contribution in [0.15, 0.2) is 65.0 Å². The average Bonchev–Trinajstić information content (AvgIpc) is 3.22. The third-order valence-electron chi connectivity index (χ3n) is 5.21. The molecule has 0 aliphatic heterocycles. The molecule has 0 aliphatic carbocycles. The number of hydrogen-bond acceptors (Lipinski definition) is 5. The highest BCUT2D eigenvalue weighted by atomic mass is 32.1. The van der Waals surface area contributed by atoms with Gasteiger partial charge in [0.1, 0.15) is 17.1 Å². The molecule has 0 atom stereocenters. The van der Waals surface area contributed by atoms with Gasteiger partial charge in [0.15, 0.2) is 0 Å². The first kappa shape index (κ1) is 21.8. The van der Waals surface area contributed by atoms with Crippen LogP contribution in [0, 0.1) is 0 Å². The summed E-state index contributed by atoms with van der Waals surface area (Å²) in [6, 6.07) is 15.4. The van der Waals surface area contributed by atoms with Crippen molar-refractivity contribution in [2.75, 3.05) is 11.9 Å². The molecule has 2 aromatic heterocycles. The highest BCUT2D eigenvalue weighted by molar-refractivity contribution is 7.17. The van der Waals surface area contributed by atoms with Gasteiger partial charge in [0.25, 0.3) is 5.56 Å². The Bertz CT molecular complexity index is 1290. The van der Waals surface area contributed by atoms with Crippen LogP contribution in [-0.4, -0.2) is 22.1 Å². The number of anilines is 1. The highest BCUT2D eigenvalue weighted by Gasteiger charge is 2.15. The topological polar surface area (TPSA) is 73.2 Å². The van der Waals surface area contributed by atoms with E-state index < -0.39 is 0 Å². The summed E-state index contributed by atoms with van der Waals surface area (Å²) in [7, 11) is 0. The second-order valence-electron chi connectivity index (χ2n) is 7.79. The molecule has 164 valence electrons. The molecule has 0 saturated heterocycles. The minimum atomic E-state index is -0.296. The maximum absolute atomic E-state index is 13.2. The molecule has 0 aliphatic rings. The molecule has 1 amide bonds. The Morgan fingerprint density at radius 3 is 2.50 bits per heavy atom. The standard InChI is InChI=1S/C25H25N3O3S/c1-4-31-20-11-9-19(10-12-20)27-22(29)13-28-15-26-24-23(25(28)30)21(14-32-24)18-7-5-17(6-8-18)16(2)3/h5-12,14-16H,4,13H2,1-3H3,(H,27,29). The molecule has 0 spiro atoms. The van der Waals surface area contributed by atoms with Crippen LogP contribution in [0.4, 0.5) is 5.69 Å². The highest BCUT2D eigenvalue weighted by Crippen LogP contribution is 2.31. The van der Waals surface area contributed by atoms with E-state index in [9.17, 15) is 9.59 Å². The number of carbonyl (C=O) groups is 1. The molecule has 0 fully saturated rings. The van der Waals surface area contributed by atoms with E-state index in [0.717, 1.165) is 16.9 Å². The van der Waals surface area contributed by atoms with Crippen molar-refractivity contribution in [2.24, 2.45) is 0 Å². The van der Waals surface area contributed by atoms with Crippen LogP contribution < -0.4 is 15.6 Å². The fourth-order valence-electron chi connectivity index (χ4n) is 3.50. The van der Waals surface area contributed by atoms with E-state index in [1.807, 2.05) is 24.4 Å². The zero-order valence-corrected chi connectivity index (χ0v) is 19.1. The number of amides is 1. The van der Waals surface area contributed by atoms with Crippen molar-refractivity contribution >= 4 is 33.1 Å². The van der Waals surface area contributed by atoms with E-state index in [-0.39, 0.29) is 18.0 Å². The van der Waals surface area contributed by atoms with Crippen LogP contribution in [0.5, 0.6) is 5.75 Å². The molecule has 0 radical (unpaired) electrons. The van der Waals surface area contributed by atoms with E-state index in [1.54, 1.807) is 24.3 Å². The van der Waals surface area contributed by atoms with Crippen LogP contribution in [0.1, 0.15) is 32.3 Å². The van der Waals surface area contributed by atoms with E-state index in [1.165, 1.54) is 27.8 Å². The van der Waals surface area contributed by atoms with Crippen molar-refractivity contribution in [1.82, 2.24) is 9.55 Å². The molecular weight excluding hydrogens is 422 g/mol. The first-order valence-electron chi connectivity index (χ1n) is 10.6. The lowest BCUT2D eigenvalue weighted by Gasteiger charge is -2.09. The minimum absolute atomic E-state index is 0.115. The first-order chi connectivity index (χ1) is 15.5. The zero-order valence-electron chi connectivity index (χ0n) is 18.3. The third-order valence-corrected chi connectivity index (χ3v) is 6.10. The van der Waals surface area contributed by atoms with Gasteiger partial charge in [0, 0.05) is 16.6 Å². The summed E-state index contributed by atoms with van der Waals surface area (Å²) in [4.78, 5) is 30.8. The number of ether oxygens (including phenoxy) is 1. The Morgan fingerprint density at radius 2 is 1.84 bits per heavy atom. The Morgan fingerprint density at radius 1 is 1.12 bits per heavy atom. The Labute approximate surface area is 190 Å². The number of nitrogens with one attached hydrogen (secondary N) is 1. The van der Waals surface area contributed by atoms with Gasteiger partial charge in [0.05, 0.1) is 18.3 Å². The van der Waals surface area contributed by atoms with E-state index in [2.05, 4.69) is 36.3 Å². The summed E-state index contributed by atoms with van der Waals surface area (Å²) < 4.78 is 6.76. The second-order valence-corrected chi connectivity index (χ2v) is 8.65. The number of aromatic nitrogens is 2. The van der Waals surface area contributed by atoms with E-state index in [4.69, 9.17) is 4.74 Å². The van der Waals surface area contributed by atoms with Gasteiger partial charge in [-0.15, -0.1) is 11.3 Å². The van der Waals surface area contributed by atoms with Crippen molar-refractivity contribution in [3.8, 4) is 16.9 Å². The Kier molecular flexibility index (Phi) is 6.37. The van der Waals surface area contributed by atoms with Crippen molar-refractivity contribution in [1.29, 1.82) is 0 Å². The monoisotopic (exact) mass is 447 g/mol. The Hall–Kier alpha value is -3.45. The fourth-order valence-corrected chi connectivity index (χ4v) is 4.40. The predicted octanol–water partition coefficient (Wildman–Crippen LogP) is 5.29. The van der Waals surface area contributed by atoms with Crippen molar-refractivity contribution < 1.29 is 9.53 Å². The average molecular weight is 448 g/mol. The van der Waals surface area contributed by atoms with E-state index in [0.29, 0.717) is 28.4 Å². The number of benzene rings is 2. The van der Waals surface area contributed by atoms with Gasteiger partial charge in [-0.1, -0.05) is 38.1 Å². The number of hydrogen-bond donors (Lipinski definition) is 1. The van der Waals surface area contributed by atoms with Crippen LogP contribution in [0.3, 0.4) is 0 Å². The summed E-state index contributed by atoms with van der Waals surface area (Å²) in [5.41, 5.74) is 3.48. The number of thiophene rings is 1. The van der Waals surface area contributed by atoms with Gasteiger partial charge in [-0.3, -0.25) is 14.2 Å². The first-order valence-corrected chi connectivity index (χ1v) is 11.4. The SMILES string of the molecule is CCOc1ccc(NC(=O)Cn2cnc3scc(-c4ccc(C(C)C)cc4)c3c2=O)cc1. The van der Waals surface area contributed by atoms with Gasteiger partial charge >= 0.3 is 0 Å². The molecule has 0 bridgehead atoms. The lowest BCUT2D eigenvalue weighted by Crippen LogP contribution is -2.27. The van der Waals surface area contributed by atoms with Crippen molar-refractivity contribution in [3.05, 3.63) is 76.2 Å². The molecule has 7 heteroatoms. The molecule has 32 heavy (non-hydrogen) atoms. The summed E-state index contributed by atoms with van der Waals surface area (Å²) >= 11 is 1.43. The lowest BCUT2D eigenvalue weighted by atomic mass is 9.99. The molecule has 6 nitrogen and oxygen atoms in total. The van der Waals surface area contributed by atoms with Crippen LogP contribution >= 0.6 is 11.3 Å². The molecule has 0 unspecified atom stereocenters. The molecule has 4 rings (SSSR count). The quantitative estimate of drug-likeness (QED) is 0.418. The molecule has 2 aromatic carbocycles. The number of carbonyl (C=O) groups excluding carboxylic acids is 1. The number of fused-ring (bicyclic) bond motifs is 1. The summed E-state index contributed by atoms with van der Waals surface area (Å²) in [6.07, 6.45) is 1.44. The molecule has 4 aromatic rings. The van der Waals surface area contributed by atoms with Gasteiger partial charge in [-0.25, -0.2) is 4.98 Å². The second kappa shape index (κ2) is 9.36. The minimum Gasteiger partial charge on any atom is -0.494 e. The molecule has 2 heterocycles. The number of rotatable bonds is 7. The van der Waals surface area contributed by atoms with Crippen molar-refractivity contribution in [3.63, 3.8) is 0 Å². The largest absolute Gasteiger partial charge is 0.494 e. The Balaban J connectivity index is 1.57. The van der Waals surface area contributed by atoms with Gasteiger partial charge in [0.2, 0.25) is 5.91 Å². The van der Waals surface area contributed by atoms with Gasteiger partial charge in [-0.2, -0.15) is 0 Å². The summed E-state index contributed by atoms with van der Waals surface area (Å²) in [5.74, 6) is 0.884. The maximum Gasteiger partial charge on any atom is 0.263 e. The molecule has 0 saturated carbocycles. The summed E-state index contributed by atoms with van der Waals surface area (Å²) in [5, 5.41) is 5.31. The molecule has 1 N–H and O–H groups in total. The van der Waals surface area contributed by atoms with Crippen LogP contribution in [0.25, 0.3) is 21.3 Å². The third kappa shape index (κ3) is 4.57. The predicted molar refractivity (Wildman–Crippen MR) is 130 cm³/mol.